The Kier molecular flexibility index (Phi) is 21.0. The second-order valence-corrected chi connectivity index (χ2v) is 7.94. The van der Waals surface area contributed by atoms with E-state index in [1.807, 2.05) is 0 Å². The van der Waals surface area contributed by atoms with Crippen LogP contribution in [0.25, 0.3) is 0 Å². The zero-order chi connectivity index (χ0) is 17.7. The molecule has 12 nitrogen and oxygen atoms in total. The minimum absolute atomic E-state index is 0. The molecule has 0 aromatic heterocycles. The third-order valence-electron chi connectivity index (χ3n) is 1.13. The summed E-state index contributed by atoms with van der Waals surface area (Å²) in [5.41, 5.74) is 14.3. The topological polar surface area (TPSA) is 241 Å². The largest absolute Gasteiger partial charge is 0.329 e. The second kappa shape index (κ2) is 15.2. The molecular formula is C6H21N3NaO9S3. The molecule has 0 aliphatic carbocycles. The van der Waals surface area contributed by atoms with E-state index in [0.29, 0.717) is 0 Å². The smallest absolute Gasteiger partial charge is 0.266 e. The van der Waals surface area contributed by atoms with Crippen molar-refractivity contribution >= 4 is 59.9 Å². The van der Waals surface area contributed by atoms with Crippen molar-refractivity contribution in [1.82, 2.24) is 0 Å². The Morgan fingerprint density at radius 1 is 0.545 bits per heavy atom. The summed E-state index contributed by atoms with van der Waals surface area (Å²) in [5, 5.41) is 0. The van der Waals surface area contributed by atoms with Gasteiger partial charge in [-0.25, -0.2) is 0 Å². The molecule has 9 N–H and O–H groups in total. The van der Waals surface area contributed by atoms with E-state index in [1.54, 1.807) is 0 Å². The van der Waals surface area contributed by atoms with Crippen molar-refractivity contribution in [3.63, 3.8) is 0 Å². The summed E-state index contributed by atoms with van der Waals surface area (Å²) in [5.74, 6) is -1.06. The van der Waals surface area contributed by atoms with Gasteiger partial charge in [-0.2, -0.15) is 25.3 Å². The monoisotopic (exact) mass is 398 g/mol. The fraction of sp³-hybridized carbons (Fsp3) is 1.00. The van der Waals surface area contributed by atoms with E-state index in [2.05, 4.69) is 0 Å². The first-order valence-corrected chi connectivity index (χ1v) is 9.97. The third kappa shape index (κ3) is 49.8. The van der Waals surface area contributed by atoms with E-state index >= 15 is 0 Å². The Hall–Kier alpha value is 0.610. The predicted octanol–water partition coefficient (Wildman–Crippen LogP) is -3.88. The Morgan fingerprint density at radius 3 is 0.682 bits per heavy atom. The SMILES string of the molecule is NCCS(=O)(=O)O.NCCS(=O)(=O)O.NCCS(=O)(=O)O.[Na]. The fourth-order valence-electron chi connectivity index (χ4n) is 0.447. The Labute approximate surface area is 152 Å². The first-order valence-electron chi connectivity index (χ1n) is 5.14. The first kappa shape index (κ1) is 30.5. The molecule has 0 saturated heterocycles. The van der Waals surface area contributed by atoms with Crippen LogP contribution in [-0.4, -0.2) is 105 Å². The van der Waals surface area contributed by atoms with E-state index in [1.165, 1.54) is 0 Å². The molecule has 0 rings (SSSR count). The molecule has 1 radical (unpaired) electrons. The van der Waals surface area contributed by atoms with Crippen LogP contribution in [0, 0.1) is 0 Å². The average Bonchev–Trinajstić information content (AvgIpc) is 2.12. The quantitative estimate of drug-likeness (QED) is 0.186. The summed E-state index contributed by atoms with van der Waals surface area (Å²) >= 11 is 0. The molecule has 0 unspecified atom stereocenters. The Morgan fingerprint density at radius 2 is 0.682 bits per heavy atom. The van der Waals surface area contributed by atoms with Gasteiger partial charge >= 0.3 is 0 Å². The molecule has 0 spiro atoms. The van der Waals surface area contributed by atoms with Crippen LogP contribution in [0.1, 0.15) is 0 Å². The van der Waals surface area contributed by atoms with Crippen LogP contribution < -0.4 is 17.2 Å². The maximum Gasteiger partial charge on any atom is 0.266 e. The van der Waals surface area contributed by atoms with Gasteiger partial charge in [0, 0.05) is 49.2 Å². The van der Waals surface area contributed by atoms with Gasteiger partial charge in [0.2, 0.25) is 0 Å². The van der Waals surface area contributed by atoms with Gasteiger partial charge < -0.3 is 17.2 Å². The maximum absolute atomic E-state index is 9.71. The zero-order valence-electron chi connectivity index (χ0n) is 12.0. The molecule has 0 fully saturated rings. The summed E-state index contributed by atoms with van der Waals surface area (Å²) < 4.78 is 82.0. The first-order chi connectivity index (χ1) is 9.18. The summed E-state index contributed by atoms with van der Waals surface area (Å²) in [6.07, 6.45) is 0. The maximum atomic E-state index is 9.71. The Bertz CT molecular complexity index is 464. The van der Waals surface area contributed by atoms with Gasteiger partial charge in [0.15, 0.2) is 0 Å². The van der Waals surface area contributed by atoms with Crippen molar-refractivity contribution in [2.24, 2.45) is 17.2 Å². The van der Waals surface area contributed by atoms with Crippen molar-refractivity contribution in [1.29, 1.82) is 0 Å². The van der Waals surface area contributed by atoms with E-state index in [4.69, 9.17) is 30.9 Å². The molecule has 0 atom stereocenters. The van der Waals surface area contributed by atoms with Crippen molar-refractivity contribution < 1.29 is 38.9 Å². The second-order valence-electron chi connectivity index (χ2n) is 3.22. The van der Waals surface area contributed by atoms with Gasteiger partial charge in [-0.1, -0.05) is 0 Å². The molecule has 0 aromatic carbocycles. The zero-order valence-corrected chi connectivity index (χ0v) is 16.4. The molecule has 0 aliphatic rings. The summed E-state index contributed by atoms with van der Waals surface area (Å²) in [4.78, 5) is 0. The van der Waals surface area contributed by atoms with Crippen molar-refractivity contribution in [2.45, 2.75) is 0 Å². The van der Waals surface area contributed by atoms with Crippen LogP contribution in [0.2, 0.25) is 0 Å². The molecule has 0 aliphatic heterocycles. The number of nitrogens with two attached hydrogens (primary N) is 3. The van der Waals surface area contributed by atoms with E-state index in [-0.39, 0.29) is 66.5 Å². The van der Waals surface area contributed by atoms with E-state index in [9.17, 15) is 25.3 Å². The van der Waals surface area contributed by atoms with Crippen LogP contribution in [0.15, 0.2) is 0 Å². The summed E-state index contributed by atoms with van der Waals surface area (Å²) in [6.45, 7) is -0.0868. The van der Waals surface area contributed by atoms with Gasteiger partial charge in [-0.15, -0.1) is 0 Å². The average molecular weight is 398 g/mol. The van der Waals surface area contributed by atoms with Gasteiger partial charge in [0.25, 0.3) is 30.4 Å². The van der Waals surface area contributed by atoms with Gasteiger partial charge in [0.1, 0.15) is 0 Å². The molecule has 0 amide bonds. The molecule has 0 bridgehead atoms. The van der Waals surface area contributed by atoms with Crippen LogP contribution in [0.4, 0.5) is 0 Å². The minimum atomic E-state index is -3.80. The Balaban J connectivity index is -0.000000108. The van der Waals surface area contributed by atoms with Crippen molar-refractivity contribution in [2.75, 3.05) is 36.9 Å². The normalized spacial score (nSPS) is 11.2. The number of hydrogen-bond acceptors (Lipinski definition) is 9. The molecule has 0 heterocycles. The molecule has 16 heteroatoms. The summed E-state index contributed by atoms with van der Waals surface area (Å²) in [7, 11) is -11.4. The van der Waals surface area contributed by atoms with Crippen LogP contribution >= 0.6 is 0 Å². The van der Waals surface area contributed by atoms with Crippen LogP contribution in [0.3, 0.4) is 0 Å². The number of rotatable bonds is 6. The predicted molar refractivity (Wildman–Crippen MR) is 82.2 cm³/mol. The third-order valence-corrected chi connectivity index (χ3v) is 3.38. The van der Waals surface area contributed by atoms with Crippen molar-refractivity contribution in [3.8, 4) is 0 Å². The molecular weight excluding hydrogens is 377 g/mol. The van der Waals surface area contributed by atoms with Gasteiger partial charge in [0.05, 0.1) is 17.3 Å². The van der Waals surface area contributed by atoms with E-state index < -0.39 is 30.4 Å². The number of hydrogen-bond donors (Lipinski definition) is 6. The van der Waals surface area contributed by atoms with Gasteiger partial charge in [-0.05, 0) is 0 Å². The fourth-order valence-corrected chi connectivity index (χ4v) is 1.34. The molecule has 133 valence electrons. The standard InChI is InChI=1S/3C2H7NO3S.Na/c3*3-1-2-7(4,5)6;/h3*1-3H2,(H,4,5,6);. The van der Waals surface area contributed by atoms with Crippen LogP contribution in [0.5, 0.6) is 0 Å². The minimum Gasteiger partial charge on any atom is -0.329 e. The van der Waals surface area contributed by atoms with Crippen molar-refractivity contribution in [3.05, 3.63) is 0 Å². The molecule has 22 heavy (non-hydrogen) atoms. The van der Waals surface area contributed by atoms with Gasteiger partial charge in [-0.3, -0.25) is 13.7 Å². The van der Waals surface area contributed by atoms with Crippen LogP contribution in [-0.2, 0) is 30.4 Å². The molecule has 0 saturated carbocycles. The molecule has 0 aromatic rings. The van der Waals surface area contributed by atoms with E-state index in [0.717, 1.165) is 0 Å². The summed E-state index contributed by atoms with van der Waals surface area (Å²) in [6, 6.07) is 0.